The van der Waals surface area contributed by atoms with Gasteiger partial charge < -0.3 is 4.57 Å². The number of hydrogen-bond donors (Lipinski definition) is 0. The van der Waals surface area contributed by atoms with Gasteiger partial charge in [0.15, 0.2) is 0 Å². The van der Waals surface area contributed by atoms with Crippen molar-refractivity contribution in [2.45, 2.75) is 0 Å². The topological polar surface area (TPSA) is 17.8 Å². The van der Waals surface area contributed by atoms with Crippen molar-refractivity contribution in [3.05, 3.63) is 158 Å². The summed E-state index contributed by atoms with van der Waals surface area (Å²) in [5.74, 6) is 0. The van der Waals surface area contributed by atoms with E-state index < -0.39 is 0 Å². The van der Waals surface area contributed by atoms with Crippen LogP contribution in [0.4, 0.5) is 0 Å². The molecule has 0 aliphatic carbocycles. The molecule has 3 heteroatoms. The van der Waals surface area contributed by atoms with E-state index in [4.69, 9.17) is 4.98 Å². The lowest BCUT2D eigenvalue weighted by Gasteiger charge is -2.15. The fourth-order valence-corrected chi connectivity index (χ4v) is 8.60. The average molecular weight is 603 g/mol. The van der Waals surface area contributed by atoms with Crippen molar-refractivity contribution in [1.29, 1.82) is 0 Å². The molecule has 0 bridgehead atoms. The highest BCUT2D eigenvalue weighted by Gasteiger charge is 2.20. The third-order valence-corrected chi connectivity index (χ3v) is 10.6. The number of aromatic nitrogens is 2. The Morgan fingerprint density at radius 3 is 2.09 bits per heavy atom. The molecule has 10 aromatic rings. The van der Waals surface area contributed by atoms with Gasteiger partial charge in [-0.1, -0.05) is 127 Å². The molecule has 0 fully saturated rings. The fourth-order valence-electron chi connectivity index (χ4n) is 7.36. The molecule has 0 N–H and O–H groups in total. The van der Waals surface area contributed by atoms with Crippen LogP contribution in [0, 0.1) is 0 Å². The van der Waals surface area contributed by atoms with Crippen LogP contribution in [-0.4, -0.2) is 9.55 Å². The molecule has 0 saturated carbocycles. The van der Waals surface area contributed by atoms with Crippen LogP contribution in [0.1, 0.15) is 0 Å². The van der Waals surface area contributed by atoms with Gasteiger partial charge in [-0.15, -0.1) is 11.3 Å². The van der Waals surface area contributed by atoms with Crippen molar-refractivity contribution < 1.29 is 0 Å². The Morgan fingerprint density at radius 1 is 0.478 bits per heavy atom. The van der Waals surface area contributed by atoms with E-state index in [1.165, 1.54) is 69.3 Å². The van der Waals surface area contributed by atoms with E-state index in [-0.39, 0.29) is 0 Å². The van der Waals surface area contributed by atoms with E-state index in [0.717, 1.165) is 22.5 Å². The summed E-state index contributed by atoms with van der Waals surface area (Å²) in [7, 11) is 0. The maximum absolute atomic E-state index is 5.34. The molecule has 0 amide bonds. The molecule has 0 saturated heterocycles. The van der Waals surface area contributed by atoms with Crippen molar-refractivity contribution in [2.24, 2.45) is 0 Å². The van der Waals surface area contributed by atoms with E-state index in [0.29, 0.717) is 0 Å². The average Bonchev–Trinajstić information content (AvgIpc) is 3.68. The molecule has 214 valence electrons. The Labute approximate surface area is 269 Å². The minimum absolute atomic E-state index is 1.01. The quantitative estimate of drug-likeness (QED) is 0.184. The van der Waals surface area contributed by atoms with Crippen molar-refractivity contribution >= 4 is 75.0 Å². The van der Waals surface area contributed by atoms with E-state index in [1.807, 2.05) is 11.3 Å². The molecular weight excluding hydrogens is 577 g/mol. The zero-order valence-electron chi connectivity index (χ0n) is 24.8. The largest absolute Gasteiger partial charge is 0.309 e. The number of para-hydroxylation sites is 2. The molecule has 3 aromatic heterocycles. The van der Waals surface area contributed by atoms with Crippen LogP contribution < -0.4 is 0 Å². The lowest BCUT2D eigenvalue weighted by Crippen LogP contribution is -1.97. The summed E-state index contributed by atoms with van der Waals surface area (Å²) in [4.78, 5) is 5.34. The number of nitrogens with zero attached hydrogens (tertiary/aromatic N) is 2. The maximum atomic E-state index is 5.34. The number of hydrogen-bond acceptors (Lipinski definition) is 2. The lowest BCUT2D eigenvalue weighted by atomic mass is 9.97. The van der Waals surface area contributed by atoms with E-state index >= 15 is 0 Å². The van der Waals surface area contributed by atoms with Gasteiger partial charge in [0, 0.05) is 53.0 Å². The van der Waals surface area contributed by atoms with Crippen LogP contribution in [0.15, 0.2) is 158 Å². The van der Waals surface area contributed by atoms with Gasteiger partial charge in [0.25, 0.3) is 0 Å². The van der Waals surface area contributed by atoms with Crippen LogP contribution in [-0.2, 0) is 0 Å². The molecule has 0 aliphatic heterocycles. The Bertz CT molecular complexity index is 2800. The van der Waals surface area contributed by atoms with Gasteiger partial charge in [0.05, 0.1) is 22.2 Å². The summed E-state index contributed by atoms with van der Waals surface area (Å²) in [6.07, 6.45) is 0. The maximum Gasteiger partial charge on any atom is 0.0809 e. The van der Waals surface area contributed by atoms with E-state index in [1.54, 1.807) is 0 Å². The Morgan fingerprint density at radius 2 is 1.17 bits per heavy atom. The zero-order chi connectivity index (χ0) is 30.2. The molecule has 0 spiro atoms. The van der Waals surface area contributed by atoms with Crippen molar-refractivity contribution in [3.8, 4) is 28.1 Å². The number of rotatable bonds is 3. The van der Waals surface area contributed by atoms with Crippen LogP contribution in [0.2, 0.25) is 0 Å². The summed E-state index contributed by atoms with van der Waals surface area (Å²) in [6.45, 7) is 0. The van der Waals surface area contributed by atoms with Gasteiger partial charge in [-0.25, -0.2) is 4.98 Å². The molecule has 0 atom stereocenters. The summed E-state index contributed by atoms with van der Waals surface area (Å²) < 4.78 is 5.11. The second-order valence-corrected chi connectivity index (χ2v) is 13.0. The molecule has 3 heterocycles. The van der Waals surface area contributed by atoms with Crippen LogP contribution >= 0.6 is 11.3 Å². The standard InChI is InChI=1S/C43H26N2S/c1-2-12-27(13-3-1)41-40-34(31-16-4-7-21-37(31)44-41)24-25-35-32-17-5-8-22-38(32)45(42(35)40)29-15-10-14-28(26-29)30-19-11-20-36-33-18-6-9-23-39(33)46-43(30)36/h1-26H. The van der Waals surface area contributed by atoms with Gasteiger partial charge in [-0.2, -0.15) is 0 Å². The SMILES string of the molecule is c1ccc(-c2nc3ccccc3c3ccc4c5ccccc5n(-c5cccc(-c6cccc7c6sc6ccccc67)c5)c4c23)cc1. The van der Waals surface area contributed by atoms with Crippen LogP contribution in [0.25, 0.3) is 91.7 Å². The first-order valence-electron chi connectivity index (χ1n) is 15.6. The first-order chi connectivity index (χ1) is 22.8. The highest BCUT2D eigenvalue weighted by Crippen LogP contribution is 2.44. The minimum Gasteiger partial charge on any atom is -0.309 e. The van der Waals surface area contributed by atoms with Crippen molar-refractivity contribution in [2.75, 3.05) is 0 Å². The summed E-state index contributed by atoms with van der Waals surface area (Å²) >= 11 is 1.88. The van der Waals surface area contributed by atoms with Crippen molar-refractivity contribution in [1.82, 2.24) is 9.55 Å². The second-order valence-electron chi connectivity index (χ2n) is 11.9. The molecule has 0 aliphatic rings. The third-order valence-electron chi connectivity index (χ3n) is 9.37. The summed E-state index contributed by atoms with van der Waals surface area (Å²) in [5.41, 5.74) is 9.14. The Balaban J connectivity index is 1.33. The fraction of sp³-hybridized carbons (Fsp3) is 0. The summed E-state index contributed by atoms with van der Waals surface area (Å²) in [6, 6.07) is 57.0. The first-order valence-corrected chi connectivity index (χ1v) is 16.5. The smallest absolute Gasteiger partial charge is 0.0809 e. The highest BCUT2D eigenvalue weighted by atomic mass is 32.1. The Hall–Kier alpha value is -5.77. The number of benzene rings is 7. The van der Waals surface area contributed by atoms with Crippen molar-refractivity contribution in [3.63, 3.8) is 0 Å². The monoisotopic (exact) mass is 602 g/mol. The molecule has 0 unspecified atom stereocenters. The minimum atomic E-state index is 1.01. The number of fused-ring (bicyclic) bond motifs is 10. The van der Waals surface area contributed by atoms with E-state index in [2.05, 4.69) is 162 Å². The molecular formula is C43H26N2S. The molecule has 46 heavy (non-hydrogen) atoms. The lowest BCUT2D eigenvalue weighted by molar-refractivity contribution is 1.19. The predicted octanol–water partition coefficient (Wildman–Crippen LogP) is 12.2. The molecule has 0 radical (unpaired) electrons. The second kappa shape index (κ2) is 9.87. The number of thiophene rings is 1. The molecule has 10 rings (SSSR count). The van der Waals surface area contributed by atoms with Gasteiger partial charge in [-0.05, 0) is 46.8 Å². The Kier molecular flexibility index (Phi) is 5.48. The molecule has 7 aromatic carbocycles. The van der Waals surface area contributed by atoms with Gasteiger partial charge in [0.2, 0.25) is 0 Å². The van der Waals surface area contributed by atoms with Crippen LogP contribution in [0.3, 0.4) is 0 Å². The van der Waals surface area contributed by atoms with Gasteiger partial charge in [0.1, 0.15) is 0 Å². The normalized spacial score (nSPS) is 11.9. The zero-order valence-corrected chi connectivity index (χ0v) is 25.6. The van der Waals surface area contributed by atoms with E-state index in [9.17, 15) is 0 Å². The predicted molar refractivity (Wildman–Crippen MR) is 197 cm³/mol. The number of pyridine rings is 1. The molecule has 2 nitrogen and oxygen atoms in total. The summed E-state index contributed by atoms with van der Waals surface area (Å²) in [5, 5.41) is 8.67. The van der Waals surface area contributed by atoms with Gasteiger partial charge in [-0.3, -0.25) is 0 Å². The van der Waals surface area contributed by atoms with Gasteiger partial charge >= 0.3 is 0 Å². The third kappa shape index (κ3) is 3.67. The highest BCUT2D eigenvalue weighted by molar-refractivity contribution is 7.26. The van der Waals surface area contributed by atoms with Crippen LogP contribution in [0.5, 0.6) is 0 Å². The first kappa shape index (κ1) is 25.5.